The van der Waals surface area contributed by atoms with E-state index in [9.17, 15) is 55.5 Å². The van der Waals surface area contributed by atoms with Crippen LogP contribution in [0.4, 0.5) is 0 Å². The second-order valence-electron chi connectivity index (χ2n) is 12.2. The lowest BCUT2D eigenvalue weighted by Gasteiger charge is -2.43. The number of hydrogen-bond acceptors (Lipinski definition) is 17. The van der Waals surface area contributed by atoms with Crippen LogP contribution >= 0.6 is 0 Å². The van der Waals surface area contributed by atoms with Gasteiger partial charge in [-0.2, -0.15) is 0 Å². The first-order valence-electron chi connectivity index (χ1n) is 15.5. The summed E-state index contributed by atoms with van der Waals surface area (Å²) in [5, 5.41) is 89.4. The van der Waals surface area contributed by atoms with E-state index in [0.717, 1.165) is 6.08 Å². The SMILES string of the molecule is CC(C)(O[C@H]1O[C@H](CO)[C@@H](O)[C@H](O)[C@H]1O)[C@@H](OC(=O)C=Cc1ccc(O)cc1)C(=O)OCc1ccc(O[C@H]2O[C@H](CO)[C@@H](O)[C@H](O)[C@H]2O)cc1. The van der Waals surface area contributed by atoms with Gasteiger partial charge in [0.1, 0.15) is 72.5 Å². The van der Waals surface area contributed by atoms with Crippen LogP contribution < -0.4 is 4.74 Å². The maximum Gasteiger partial charge on any atom is 0.350 e. The first-order valence-corrected chi connectivity index (χ1v) is 15.5. The van der Waals surface area contributed by atoms with Crippen LogP contribution in [0.5, 0.6) is 11.5 Å². The molecule has 2 saturated heterocycles. The molecule has 2 heterocycles. The summed E-state index contributed by atoms with van der Waals surface area (Å²) in [7, 11) is 0. The second-order valence-corrected chi connectivity index (χ2v) is 12.2. The van der Waals surface area contributed by atoms with Crippen molar-refractivity contribution in [3.05, 3.63) is 65.7 Å². The minimum atomic E-state index is -1.82. The highest BCUT2D eigenvalue weighted by molar-refractivity contribution is 5.89. The number of aliphatic hydroxyl groups excluding tert-OH is 8. The van der Waals surface area contributed by atoms with Gasteiger partial charge in [0.2, 0.25) is 12.4 Å². The summed E-state index contributed by atoms with van der Waals surface area (Å²) in [6.07, 6.45) is -15.1. The van der Waals surface area contributed by atoms with Crippen LogP contribution in [0, 0.1) is 0 Å². The number of phenolic OH excluding ortho intramolecular Hbond substituents is 1. The number of esters is 2. The number of benzene rings is 2. The lowest BCUT2D eigenvalue weighted by molar-refractivity contribution is -0.330. The van der Waals surface area contributed by atoms with Crippen LogP contribution in [0.15, 0.2) is 54.6 Å². The summed E-state index contributed by atoms with van der Waals surface area (Å²) >= 11 is 0. The molecule has 0 radical (unpaired) electrons. The monoisotopic (exact) mass is 710 g/mol. The number of aromatic hydroxyl groups is 1. The van der Waals surface area contributed by atoms with Gasteiger partial charge in [0.05, 0.1) is 13.2 Å². The van der Waals surface area contributed by atoms with Gasteiger partial charge in [-0.25, -0.2) is 9.59 Å². The van der Waals surface area contributed by atoms with E-state index in [4.69, 9.17) is 28.4 Å². The molecule has 2 aromatic carbocycles. The van der Waals surface area contributed by atoms with Crippen LogP contribution in [-0.4, -0.2) is 144 Å². The number of hydrogen-bond donors (Lipinski definition) is 9. The molecule has 2 aliphatic heterocycles. The Morgan fingerprint density at radius 3 is 1.88 bits per heavy atom. The van der Waals surface area contributed by atoms with E-state index >= 15 is 0 Å². The number of aliphatic hydroxyl groups is 8. The van der Waals surface area contributed by atoms with E-state index in [1.165, 1.54) is 68.5 Å². The third-order valence-electron chi connectivity index (χ3n) is 8.06. The number of ether oxygens (including phenoxy) is 6. The fourth-order valence-corrected chi connectivity index (χ4v) is 5.10. The molecule has 0 aromatic heterocycles. The Morgan fingerprint density at radius 1 is 0.780 bits per heavy atom. The molecule has 0 aliphatic carbocycles. The zero-order valence-corrected chi connectivity index (χ0v) is 27.0. The van der Waals surface area contributed by atoms with Gasteiger partial charge in [0.15, 0.2) is 6.29 Å². The van der Waals surface area contributed by atoms with Crippen molar-refractivity contribution >= 4 is 18.0 Å². The van der Waals surface area contributed by atoms with Crippen LogP contribution in [-0.2, 0) is 39.9 Å². The molecule has 0 bridgehead atoms. The molecule has 276 valence electrons. The van der Waals surface area contributed by atoms with Gasteiger partial charge in [-0.1, -0.05) is 24.3 Å². The van der Waals surface area contributed by atoms with Crippen LogP contribution in [0.25, 0.3) is 6.08 Å². The largest absolute Gasteiger partial charge is 0.508 e. The minimum absolute atomic E-state index is 0.00981. The quantitative estimate of drug-likeness (QED) is 0.0791. The van der Waals surface area contributed by atoms with Crippen LogP contribution in [0.3, 0.4) is 0 Å². The Hall–Kier alpha value is -3.72. The zero-order valence-electron chi connectivity index (χ0n) is 27.0. The van der Waals surface area contributed by atoms with Crippen LogP contribution in [0.2, 0.25) is 0 Å². The van der Waals surface area contributed by atoms with Crippen molar-refractivity contribution < 1.29 is 84.0 Å². The molecule has 11 atom stereocenters. The Morgan fingerprint density at radius 2 is 1.32 bits per heavy atom. The van der Waals surface area contributed by atoms with E-state index in [2.05, 4.69) is 0 Å². The van der Waals surface area contributed by atoms with Crippen molar-refractivity contribution in [2.75, 3.05) is 13.2 Å². The van der Waals surface area contributed by atoms with Crippen molar-refractivity contribution in [2.24, 2.45) is 0 Å². The van der Waals surface area contributed by atoms with Gasteiger partial charge in [-0.15, -0.1) is 0 Å². The highest BCUT2D eigenvalue weighted by atomic mass is 16.7. The summed E-state index contributed by atoms with van der Waals surface area (Å²) in [4.78, 5) is 26.3. The fourth-order valence-electron chi connectivity index (χ4n) is 5.10. The maximum atomic E-state index is 13.5. The number of carbonyl (C=O) groups excluding carboxylic acids is 2. The third kappa shape index (κ3) is 9.53. The lowest BCUT2D eigenvalue weighted by Crippen LogP contribution is -2.62. The van der Waals surface area contributed by atoms with E-state index in [1.54, 1.807) is 0 Å². The van der Waals surface area contributed by atoms with Gasteiger partial charge in [0.25, 0.3) is 0 Å². The van der Waals surface area contributed by atoms with Crippen molar-refractivity contribution in [3.8, 4) is 11.5 Å². The molecule has 2 fully saturated rings. The first-order chi connectivity index (χ1) is 23.6. The van der Waals surface area contributed by atoms with E-state index < -0.39 is 98.3 Å². The predicted molar refractivity (Wildman–Crippen MR) is 167 cm³/mol. The Bertz CT molecular complexity index is 1430. The molecular weight excluding hydrogens is 668 g/mol. The maximum absolute atomic E-state index is 13.5. The van der Waals surface area contributed by atoms with Crippen molar-refractivity contribution in [3.63, 3.8) is 0 Å². The van der Waals surface area contributed by atoms with Gasteiger partial charge >= 0.3 is 11.9 Å². The number of carbonyl (C=O) groups is 2. The molecule has 50 heavy (non-hydrogen) atoms. The average molecular weight is 711 g/mol. The van der Waals surface area contributed by atoms with Crippen molar-refractivity contribution in [1.82, 2.24) is 0 Å². The highest BCUT2D eigenvalue weighted by Crippen LogP contribution is 2.30. The molecule has 0 spiro atoms. The van der Waals surface area contributed by atoms with Crippen LogP contribution in [0.1, 0.15) is 25.0 Å². The summed E-state index contributed by atoms with van der Waals surface area (Å²) in [6.45, 7) is 0.919. The van der Waals surface area contributed by atoms with Gasteiger partial charge in [-0.3, -0.25) is 0 Å². The third-order valence-corrected chi connectivity index (χ3v) is 8.06. The number of phenols is 1. The molecule has 0 saturated carbocycles. The highest BCUT2D eigenvalue weighted by Gasteiger charge is 2.50. The summed E-state index contributed by atoms with van der Waals surface area (Å²) in [5.74, 6) is -1.92. The normalized spacial score (nSPS) is 30.8. The smallest absolute Gasteiger partial charge is 0.350 e. The van der Waals surface area contributed by atoms with Crippen molar-refractivity contribution in [1.29, 1.82) is 0 Å². The summed E-state index contributed by atoms with van der Waals surface area (Å²) in [5.41, 5.74) is -0.866. The molecule has 17 nitrogen and oxygen atoms in total. The lowest BCUT2D eigenvalue weighted by atomic mass is 9.97. The van der Waals surface area contributed by atoms with E-state index in [1.807, 2.05) is 0 Å². The zero-order chi connectivity index (χ0) is 36.7. The topological polar surface area (TPSA) is 272 Å². The molecule has 0 amide bonds. The fraction of sp³-hybridized carbons (Fsp3) is 0.515. The summed E-state index contributed by atoms with van der Waals surface area (Å²) < 4.78 is 33.0. The first kappa shape index (κ1) is 39.1. The standard InChI is InChI=1S/C33H42O17/c1-33(2,50-32-28(43)26(41)24(39)21(14-35)48-32)29(49-22(37)12-7-16-3-8-18(36)9-4-16)30(44)45-15-17-5-10-19(11-6-17)46-31-27(42)25(40)23(38)20(13-34)47-31/h3-12,20-21,23-29,31-32,34-36,38-43H,13-15H2,1-2H3/t20-,21-,23-,24-,25+,26+,27-,28-,29+,31+,32-/m1/s1. The summed E-state index contributed by atoms with van der Waals surface area (Å²) in [6, 6.07) is 11.7. The second kappa shape index (κ2) is 17.0. The number of rotatable bonds is 13. The van der Waals surface area contributed by atoms with Gasteiger partial charge in [0, 0.05) is 6.08 Å². The molecule has 2 aromatic rings. The average Bonchev–Trinajstić information content (AvgIpc) is 3.10. The Kier molecular flexibility index (Phi) is 13.3. The predicted octanol–water partition coefficient (Wildman–Crippen LogP) is -2.17. The van der Waals surface area contributed by atoms with Gasteiger partial charge in [-0.05, 0) is 55.3 Å². The molecule has 0 unspecified atom stereocenters. The Balaban J connectivity index is 1.46. The van der Waals surface area contributed by atoms with Gasteiger partial charge < -0.3 is 74.4 Å². The van der Waals surface area contributed by atoms with Crippen molar-refractivity contribution in [2.45, 2.75) is 93.6 Å². The van der Waals surface area contributed by atoms with E-state index in [0.29, 0.717) is 11.1 Å². The molecule has 2 aliphatic rings. The molecule has 17 heteroatoms. The molecule has 9 N–H and O–H groups in total. The van der Waals surface area contributed by atoms with E-state index in [-0.39, 0.29) is 18.1 Å². The molecule has 4 rings (SSSR count). The Labute approximate surface area is 286 Å². The molecular formula is C33H42O17. The minimum Gasteiger partial charge on any atom is -0.508 e.